The third-order valence-electron chi connectivity index (χ3n) is 3.76. The van der Waals surface area contributed by atoms with Gasteiger partial charge in [0.2, 0.25) is 0 Å². The minimum atomic E-state index is -1.38. The number of benzene rings is 2. The maximum atomic E-state index is 11.6. The molecule has 0 heterocycles. The van der Waals surface area contributed by atoms with Crippen LogP contribution in [0.3, 0.4) is 0 Å². The number of rotatable bonds is 7. The Balaban J connectivity index is 1.78. The second-order valence-corrected chi connectivity index (χ2v) is 5.67. The van der Waals surface area contributed by atoms with Crippen molar-refractivity contribution in [1.29, 1.82) is 5.26 Å². The number of nitrogens with one attached hydrogen (secondary N) is 1. The summed E-state index contributed by atoms with van der Waals surface area (Å²) in [6.07, 6.45) is -3.21. The number of carbonyl (C=O) groups excluding carboxylic acids is 1. The molecule has 2 unspecified atom stereocenters. The summed E-state index contributed by atoms with van der Waals surface area (Å²) in [6, 6.07) is 15.1. The molecule has 0 aliphatic carbocycles. The zero-order chi connectivity index (χ0) is 18.9. The van der Waals surface area contributed by atoms with E-state index >= 15 is 0 Å². The molecule has 0 bridgehead atoms. The molecule has 4 N–H and O–H groups in total. The molecule has 2 aromatic rings. The average molecular weight is 356 g/mol. The van der Waals surface area contributed by atoms with Crippen molar-refractivity contribution in [3.8, 4) is 11.8 Å². The van der Waals surface area contributed by atoms with E-state index in [-0.39, 0.29) is 36.4 Å². The normalized spacial score (nSPS) is 12.7. The van der Waals surface area contributed by atoms with Gasteiger partial charge < -0.3 is 25.4 Å². The monoisotopic (exact) mass is 356 g/mol. The first-order valence-corrected chi connectivity index (χ1v) is 8.05. The van der Waals surface area contributed by atoms with Crippen LogP contribution in [-0.4, -0.2) is 34.1 Å². The summed E-state index contributed by atoms with van der Waals surface area (Å²) in [6.45, 7) is 0.206. The number of amides is 1. The molecule has 7 nitrogen and oxygen atoms in total. The minimum absolute atomic E-state index is 0.0395. The number of aromatic hydroxyl groups is 1. The SMILES string of the molecule is N#Cc1ccc(O)c(C(O)C(O)CCNC(=O)OCc2ccccc2)c1. The summed E-state index contributed by atoms with van der Waals surface area (Å²) in [7, 11) is 0. The van der Waals surface area contributed by atoms with Crippen LogP contribution in [-0.2, 0) is 11.3 Å². The Labute approximate surface area is 151 Å². The molecule has 0 aliphatic heterocycles. The number of phenolic OH excluding ortho intramolecular Hbond substituents is 1. The highest BCUT2D eigenvalue weighted by atomic mass is 16.5. The highest BCUT2D eigenvalue weighted by molar-refractivity contribution is 5.67. The Bertz CT molecular complexity index is 773. The molecule has 2 aromatic carbocycles. The third kappa shape index (κ3) is 5.48. The van der Waals surface area contributed by atoms with Crippen LogP contribution >= 0.6 is 0 Å². The standard InChI is InChI=1S/C19H20N2O5/c20-11-14-6-7-16(22)15(10-14)18(24)17(23)8-9-21-19(25)26-12-13-4-2-1-3-5-13/h1-7,10,17-18,22-24H,8-9,12H2,(H,21,25). The van der Waals surface area contributed by atoms with Crippen LogP contribution in [0.25, 0.3) is 0 Å². The fraction of sp³-hybridized carbons (Fsp3) is 0.263. The van der Waals surface area contributed by atoms with Crippen molar-refractivity contribution < 1.29 is 24.9 Å². The second kappa shape index (κ2) is 9.42. The molecule has 0 aliphatic rings. The van der Waals surface area contributed by atoms with Crippen molar-refractivity contribution in [3.05, 3.63) is 65.2 Å². The van der Waals surface area contributed by atoms with Crippen molar-refractivity contribution in [2.45, 2.75) is 25.2 Å². The lowest BCUT2D eigenvalue weighted by Crippen LogP contribution is -2.29. The minimum Gasteiger partial charge on any atom is -0.508 e. The number of nitrogens with zero attached hydrogens (tertiary/aromatic N) is 1. The molecule has 0 saturated carbocycles. The number of hydrogen-bond acceptors (Lipinski definition) is 6. The smallest absolute Gasteiger partial charge is 0.407 e. The van der Waals surface area contributed by atoms with Gasteiger partial charge in [0, 0.05) is 12.1 Å². The van der Waals surface area contributed by atoms with Gasteiger partial charge in [-0.2, -0.15) is 5.26 Å². The summed E-state index contributed by atoms with van der Waals surface area (Å²) in [4.78, 5) is 11.6. The van der Waals surface area contributed by atoms with Crippen LogP contribution in [0.5, 0.6) is 5.75 Å². The quantitative estimate of drug-likeness (QED) is 0.601. The largest absolute Gasteiger partial charge is 0.508 e. The number of carbonyl (C=O) groups is 1. The van der Waals surface area contributed by atoms with Crippen LogP contribution in [0, 0.1) is 11.3 Å². The van der Waals surface area contributed by atoms with Crippen LogP contribution in [0.4, 0.5) is 4.79 Å². The van der Waals surface area contributed by atoms with E-state index in [9.17, 15) is 20.1 Å². The van der Waals surface area contributed by atoms with Crippen LogP contribution < -0.4 is 5.32 Å². The van der Waals surface area contributed by atoms with Gasteiger partial charge in [0.15, 0.2) is 0 Å². The van der Waals surface area contributed by atoms with Gasteiger partial charge in [-0.25, -0.2) is 4.79 Å². The molecule has 0 radical (unpaired) electrons. The number of aliphatic hydroxyl groups excluding tert-OH is 2. The molecule has 7 heteroatoms. The predicted molar refractivity (Wildman–Crippen MR) is 93.0 cm³/mol. The van der Waals surface area contributed by atoms with E-state index in [0.717, 1.165) is 5.56 Å². The van der Waals surface area contributed by atoms with Gasteiger partial charge in [-0.3, -0.25) is 0 Å². The number of aliphatic hydroxyl groups is 2. The van der Waals surface area contributed by atoms with Crippen molar-refractivity contribution in [1.82, 2.24) is 5.32 Å². The highest BCUT2D eigenvalue weighted by Crippen LogP contribution is 2.28. The average Bonchev–Trinajstić information content (AvgIpc) is 2.67. The summed E-state index contributed by atoms with van der Waals surface area (Å²) < 4.78 is 5.03. The summed E-state index contributed by atoms with van der Waals surface area (Å²) in [5.74, 6) is -0.217. The van der Waals surface area contributed by atoms with Gasteiger partial charge in [0.25, 0.3) is 0 Å². The topological polar surface area (TPSA) is 123 Å². The molecule has 0 fully saturated rings. The fourth-order valence-electron chi connectivity index (χ4n) is 2.32. The lowest BCUT2D eigenvalue weighted by molar-refractivity contribution is 0.0123. The Morgan fingerprint density at radius 1 is 1.19 bits per heavy atom. The van der Waals surface area contributed by atoms with Crippen LogP contribution in [0.15, 0.2) is 48.5 Å². The van der Waals surface area contributed by atoms with Gasteiger partial charge in [-0.15, -0.1) is 0 Å². The van der Waals surface area contributed by atoms with E-state index in [1.165, 1.54) is 18.2 Å². The van der Waals surface area contributed by atoms with Gasteiger partial charge in [-0.1, -0.05) is 30.3 Å². The van der Waals surface area contributed by atoms with E-state index in [1.54, 1.807) is 0 Å². The Kier molecular flexibility index (Phi) is 6.97. The Hall–Kier alpha value is -3.08. The summed E-state index contributed by atoms with van der Waals surface area (Å²) >= 11 is 0. The zero-order valence-corrected chi connectivity index (χ0v) is 14.0. The fourth-order valence-corrected chi connectivity index (χ4v) is 2.32. The number of phenols is 1. The first kappa shape index (κ1) is 19.2. The number of ether oxygens (including phenoxy) is 1. The van der Waals surface area contributed by atoms with Crippen LogP contribution in [0.2, 0.25) is 0 Å². The second-order valence-electron chi connectivity index (χ2n) is 5.67. The van der Waals surface area contributed by atoms with Gasteiger partial charge in [-0.05, 0) is 30.2 Å². The van der Waals surface area contributed by atoms with E-state index in [0.29, 0.717) is 0 Å². The number of hydrogen-bond donors (Lipinski definition) is 4. The van der Waals surface area contributed by atoms with E-state index < -0.39 is 18.3 Å². The lowest BCUT2D eigenvalue weighted by Gasteiger charge is -2.19. The zero-order valence-electron chi connectivity index (χ0n) is 14.0. The van der Waals surface area contributed by atoms with Crippen molar-refractivity contribution in [2.75, 3.05) is 6.54 Å². The summed E-state index contributed by atoms with van der Waals surface area (Å²) in [5.41, 5.74) is 1.17. The predicted octanol–water partition coefficient (Wildman–Crippen LogP) is 1.97. The first-order chi connectivity index (χ1) is 12.5. The molecule has 2 atom stereocenters. The molecule has 136 valence electrons. The summed E-state index contributed by atoms with van der Waals surface area (Å²) in [5, 5.41) is 41.3. The maximum Gasteiger partial charge on any atom is 0.407 e. The molecular formula is C19H20N2O5. The molecule has 26 heavy (non-hydrogen) atoms. The Morgan fingerprint density at radius 2 is 1.92 bits per heavy atom. The molecule has 1 amide bonds. The molecule has 0 saturated heterocycles. The highest BCUT2D eigenvalue weighted by Gasteiger charge is 2.22. The molecule has 0 spiro atoms. The lowest BCUT2D eigenvalue weighted by atomic mass is 9.99. The van der Waals surface area contributed by atoms with Crippen molar-refractivity contribution in [3.63, 3.8) is 0 Å². The molecular weight excluding hydrogens is 336 g/mol. The van der Waals surface area contributed by atoms with E-state index in [2.05, 4.69) is 5.32 Å². The number of nitriles is 1. The Morgan fingerprint density at radius 3 is 2.62 bits per heavy atom. The van der Waals surface area contributed by atoms with Crippen molar-refractivity contribution in [2.24, 2.45) is 0 Å². The number of alkyl carbamates (subject to hydrolysis) is 1. The molecule has 2 rings (SSSR count). The van der Waals surface area contributed by atoms with E-state index in [4.69, 9.17) is 10.00 Å². The maximum absolute atomic E-state index is 11.6. The third-order valence-corrected chi connectivity index (χ3v) is 3.76. The van der Waals surface area contributed by atoms with Crippen molar-refractivity contribution >= 4 is 6.09 Å². The first-order valence-electron chi connectivity index (χ1n) is 8.05. The van der Waals surface area contributed by atoms with Crippen LogP contribution in [0.1, 0.15) is 29.2 Å². The van der Waals surface area contributed by atoms with Gasteiger partial charge >= 0.3 is 6.09 Å². The van der Waals surface area contributed by atoms with E-state index in [1.807, 2.05) is 36.4 Å². The van der Waals surface area contributed by atoms with Gasteiger partial charge in [0.05, 0.1) is 17.7 Å². The van der Waals surface area contributed by atoms with Gasteiger partial charge in [0.1, 0.15) is 18.5 Å². The molecule has 0 aromatic heterocycles.